The fourth-order valence-corrected chi connectivity index (χ4v) is 7.23. The first-order valence-corrected chi connectivity index (χ1v) is 11.1. The Morgan fingerprint density at radius 3 is 2.11 bits per heavy atom. The van der Waals surface area contributed by atoms with Gasteiger partial charge in [-0.05, 0) is 106 Å². The van der Waals surface area contributed by atoms with Crippen molar-refractivity contribution in [3.05, 3.63) is 29.3 Å². The molecule has 4 nitrogen and oxygen atoms in total. The van der Waals surface area contributed by atoms with Gasteiger partial charge in [-0.25, -0.2) is 0 Å². The summed E-state index contributed by atoms with van der Waals surface area (Å²) in [5, 5.41) is 3.09. The van der Waals surface area contributed by atoms with Gasteiger partial charge in [0.05, 0.1) is 5.41 Å². The zero-order valence-corrected chi connectivity index (χ0v) is 17.2. The molecule has 1 unspecified atom stereocenters. The average molecular weight is 381 g/mol. The van der Waals surface area contributed by atoms with Crippen molar-refractivity contribution in [1.82, 2.24) is 4.90 Å². The summed E-state index contributed by atoms with van der Waals surface area (Å²) in [6.07, 6.45) is 8.94. The van der Waals surface area contributed by atoms with E-state index in [2.05, 4.69) is 11.4 Å². The average Bonchev–Trinajstić information content (AvgIpc) is 3.08. The van der Waals surface area contributed by atoms with Gasteiger partial charge in [-0.1, -0.05) is 6.07 Å². The van der Waals surface area contributed by atoms with Gasteiger partial charge in [0.25, 0.3) is 0 Å². The molecule has 150 valence electrons. The Morgan fingerprint density at radius 1 is 0.964 bits per heavy atom. The van der Waals surface area contributed by atoms with E-state index in [1.807, 2.05) is 30.9 Å². The smallest absolute Gasteiger partial charge is 0.247 e. The maximum absolute atomic E-state index is 13.7. The SMILES string of the molecule is Cc1cc(C)cc(NC(=O)C2CCCN2C(=O)C23CC4CC(CC(C4)C2)C3)c1. The van der Waals surface area contributed by atoms with E-state index in [1.54, 1.807) is 0 Å². The Bertz CT molecular complexity index is 759. The molecule has 1 heterocycles. The molecule has 1 N–H and O–H groups in total. The predicted octanol–water partition coefficient (Wildman–Crippen LogP) is 4.45. The molecule has 1 aromatic rings. The largest absolute Gasteiger partial charge is 0.330 e. The highest BCUT2D eigenvalue weighted by Crippen LogP contribution is 2.60. The lowest BCUT2D eigenvalue weighted by Gasteiger charge is -2.56. The van der Waals surface area contributed by atoms with Crippen LogP contribution in [-0.4, -0.2) is 29.3 Å². The molecule has 0 radical (unpaired) electrons. The van der Waals surface area contributed by atoms with Crippen LogP contribution >= 0.6 is 0 Å². The molecule has 4 bridgehead atoms. The summed E-state index contributed by atoms with van der Waals surface area (Å²) in [7, 11) is 0. The van der Waals surface area contributed by atoms with Gasteiger partial charge in [0.1, 0.15) is 6.04 Å². The van der Waals surface area contributed by atoms with Crippen molar-refractivity contribution in [2.45, 2.75) is 71.3 Å². The first kappa shape index (κ1) is 18.2. The summed E-state index contributed by atoms with van der Waals surface area (Å²) in [5.41, 5.74) is 2.97. The van der Waals surface area contributed by atoms with Gasteiger partial charge in [0, 0.05) is 12.2 Å². The number of nitrogens with one attached hydrogen (secondary N) is 1. The van der Waals surface area contributed by atoms with Crippen LogP contribution in [0.25, 0.3) is 0 Å². The molecule has 1 atom stereocenters. The zero-order chi connectivity index (χ0) is 19.5. The van der Waals surface area contributed by atoms with E-state index in [1.165, 1.54) is 19.3 Å². The van der Waals surface area contributed by atoms with Crippen LogP contribution in [0.5, 0.6) is 0 Å². The minimum absolute atomic E-state index is 0.0134. The minimum Gasteiger partial charge on any atom is -0.330 e. The number of carbonyl (C=O) groups is 2. The van der Waals surface area contributed by atoms with Crippen molar-refractivity contribution >= 4 is 17.5 Å². The van der Waals surface area contributed by atoms with Crippen molar-refractivity contribution in [3.8, 4) is 0 Å². The number of benzene rings is 1. The second kappa shape index (κ2) is 6.60. The third-order valence-electron chi connectivity index (χ3n) is 7.80. The molecule has 5 aliphatic rings. The molecule has 4 saturated carbocycles. The summed E-state index contributed by atoms with van der Waals surface area (Å²) in [6, 6.07) is 5.81. The molecule has 4 aliphatic carbocycles. The molecule has 1 saturated heterocycles. The number of amides is 2. The van der Waals surface area contributed by atoms with Crippen molar-refractivity contribution in [2.24, 2.45) is 23.2 Å². The van der Waals surface area contributed by atoms with Crippen LogP contribution in [0, 0.1) is 37.0 Å². The Hall–Kier alpha value is -1.84. The molecule has 1 aromatic carbocycles. The van der Waals surface area contributed by atoms with E-state index in [9.17, 15) is 9.59 Å². The quantitative estimate of drug-likeness (QED) is 0.842. The van der Waals surface area contributed by atoms with E-state index in [4.69, 9.17) is 0 Å². The Balaban J connectivity index is 1.34. The number of hydrogen-bond donors (Lipinski definition) is 1. The number of aryl methyl sites for hydroxylation is 2. The van der Waals surface area contributed by atoms with Crippen LogP contribution in [-0.2, 0) is 9.59 Å². The zero-order valence-electron chi connectivity index (χ0n) is 17.2. The Kier molecular flexibility index (Phi) is 4.29. The summed E-state index contributed by atoms with van der Waals surface area (Å²) in [5.74, 6) is 2.53. The maximum Gasteiger partial charge on any atom is 0.247 e. The van der Waals surface area contributed by atoms with Crippen LogP contribution in [0.3, 0.4) is 0 Å². The number of likely N-dealkylation sites (tertiary alicyclic amines) is 1. The predicted molar refractivity (Wildman–Crippen MR) is 110 cm³/mol. The van der Waals surface area contributed by atoms with E-state index in [-0.39, 0.29) is 17.4 Å². The number of rotatable bonds is 3. The van der Waals surface area contributed by atoms with Crippen LogP contribution in [0.4, 0.5) is 5.69 Å². The molecule has 1 aliphatic heterocycles. The van der Waals surface area contributed by atoms with Gasteiger partial charge in [0.2, 0.25) is 11.8 Å². The third-order valence-corrected chi connectivity index (χ3v) is 7.80. The number of hydrogen-bond acceptors (Lipinski definition) is 2. The summed E-state index contributed by atoms with van der Waals surface area (Å²) in [4.78, 5) is 28.7. The van der Waals surface area contributed by atoms with E-state index < -0.39 is 0 Å². The lowest BCUT2D eigenvalue weighted by atomic mass is 9.49. The molecule has 0 spiro atoms. The second-order valence-corrected chi connectivity index (χ2v) is 10.2. The number of anilines is 1. The van der Waals surface area contributed by atoms with Gasteiger partial charge in [-0.2, -0.15) is 0 Å². The van der Waals surface area contributed by atoms with Gasteiger partial charge in [-0.3, -0.25) is 9.59 Å². The van der Waals surface area contributed by atoms with E-state index >= 15 is 0 Å². The van der Waals surface area contributed by atoms with Crippen LogP contribution in [0.2, 0.25) is 0 Å². The van der Waals surface area contributed by atoms with Crippen molar-refractivity contribution in [3.63, 3.8) is 0 Å². The molecular formula is C24H32N2O2. The highest BCUT2D eigenvalue weighted by molar-refractivity contribution is 5.98. The van der Waals surface area contributed by atoms with Crippen LogP contribution in [0.1, 0.15) is 62.5 Å². The Morgan fingerprint density at radius 2 is 1.54 bits per heavy atom. The van der Waals surface area contributed by atoms with Crippen molar-refractivity contribution < 1.29 is 9.59 Å². The van der Waals surface area contributed by atoms with Crippen molar-refractivity contribution in [2.75, 3.05) is 11.9 Å². The molecule has 4 heteroatoms. The van der Waals surface area contributed by atoms with Crippen LogP contribution in [0.15, 0.2) is 18.2 Å². The first-order chi connectivity index (χ1) is 13.4. The van der Waals surface area contributed by atoms with Gasteiger partial charge < -0.3 is 10.2 Å². The summed E-state index contributed by atoms with van der Waals surface area (Å²) < 4.78 is 0. The molecular weight excluding hydrogens is 348 g/mol. The molecule has 28 heavy (non-hydrogen) atoms. The van der Waals surface area contributed by atoms with Gasteiger partial charge in [0.15, 0.2) is 0 Å². The first-order valence-electron chi connectivity index (χ1n) is 11.1. The number of nitrogens with zero attached hydrogens (tertiary/aromatic N) is 1. The van der Waals surface area contributed by atoms with E-state index in [0.717, 1.165) is 73.2 Å². The lowest BCUT2D eigenvalue weighted by Crippen LogP contribution is -2.56. The van der Waals surface area contributed by atoms with Gasteiger partial charge in [-0.15, -0.1) is 0 Å². The minimum atomic E-state index is -0.304. The summed E-state index contributed by atoms with van der Waals surface area (Å²) in [6.45, 7) is 4.83. The lowest BCUT2D eigenvalue weighted by molar-refractivity contribution is -0.160. The fraction of sp³-hybridized carbons (Fsp3) is 0.667. The monoisotopic (exact) mass is 380 g/mol. The van der Waals surface area contributed by atoms with Crippen molar-refractivity contribution in [1.29, 1.82) is 0 Å². The number of carbonyl (C=O) groups excluding carboxylic acids is 2. The summed E-state index contributed by atoms with van der Waals surface area (Å²) >= 11 is 0. The van der Waals surface area contributed by atoms with E-state index in [0.29, 0.717) is 5.91 Å². The van der Waals surface area contributed by atoms with Crippen LogP contribution < -0.4 is 5.32 Å². The molecule has 5 fully saturated rings. The maximum atomic E-state index is 13.7. The fourth-order valence-electron chi connectivity index (χ4n) is 7.23. The molecule has 2 amide bonds. The topological polar surface area (TPSA) is 49.4 Å². The Labute approximate surface area is 168 Å². The third kappa shape index (κ3) is 3.05. The second-order valence-electron chi connectivity index (χ2n) is 10.2. The van der Waals surface area contributed by atoms with Gasteiger partial charge >= 0.3 is 0 Å². The standard InChI is InChI=1S/C24H32N2O2/c1-15-6-16(2)8-20(7-15)25-22(27)21-4-3-5-26(21)23(28)24-12-17-9-18(13-24)11-19(10-17)14-24/h6-8,17-19,21H,3-5,9-14H2,1-2H3,(H,25,27). The molecule has 0 aromatic heterocycles. The highest BCUT2D eigenvalue weighted by Gasteiger charge is 2.56. The highest BCUT2D eigenvalue weighted by atomic mass is 16.2. The molecule has 6 rings (SSSR count). The normalized spacial score (nSPS) is 36.0.